The number of hydrogen-bond donors (Lipinski definition) is 1. The number of nitrogens with one attached hydrogen (secondary N) is 1. The highest BCUT2D eigenvalue weighted by Gasteiger charge is 2.11. The summed E-state index contributed by atoms with van der Waals surface area (Å²) in [5.74, 6) is 0. The summed E-state index contributed by atoms with van der Waals surface area (Å²) in [5, 5.41) is 4.27. The van der Waals surface area contributed by atoms with E-state index >= 15 is 0 Å². The van der Waals surface area contributed by atoms with E-state index in [1.165, 1.54) is 10.6 Å². The van der Waals surface area contributed by atoms with Crippen LogP contribution >= 0.6 is 22.7 Å². The van der Waals surface area contributed by atoms with Gasteiger partial charge < -0.3 is 5.32 Å². The van der Waals surface area contributed by atoms with Crippen molar-refractivity contribution in [1.82, 2.24) is 15.3 Å². The van der Waals surface area contributed by atoms with Crippen LogP contribution in [0.1, 0.15) is 17.5 Å². The third kappa shape index (κ3) is 2.25. The number of thiazole rings is 2. The maximum atomic E-state index is 4.64. The predicted molar refractivity (Wildman–Crippen MR) is 65.4 cm³/mol. The smallest absolute Gasteiger partial charge is 0.135 e. The number of nitrogens with zero attached hydrogens (tertiary/aromatic N) is 2. The summed E-state index contributed by atoms with van der Waals surface area (Å²) in [6.45, 7) is 3.05. The van der Waals surface area contributed by atoms with Crippen LogP contribution in [0.4, 0.5) is 0 Å². The summed E-state index contributed by atoms with van der Waals surface area (Å²) >= 11 is 3.41. The van der Waals surface area contributed by atoms with Crippen molar-refractivity contribution in [2.24, 2.45) is 0 Å². The highest BCUT2D eigenvalue weighted by atomic mass is 32.1. The molecule has 5 heteroatoms. The van der Waals surface area contributed by atoms with Gasteiger partial charge in [0.25, 0.3) is 0 Å². The van der Waals surface area contributed by atoms with E-state index in [1.807, 2.05) is 18.8 Å². The summed E-state index contributed by atoms with van der Waals surface area (Å²) < 4.78 is 0. The Bertz CT molecular complexity index is 420. The number of aryl methyl sites for hydroxylation is 1. The Labute approximate surface area is 97.2 Å². The van der Waals surface area contributed by atoms with E-state index in [4.69, 9.17) is 0 Å². The molecule has 0 saturated carbocycles. The average Bonchev–Trinajstić information content (AvgIpc) is 2.84. The molecule has 0 aromatic carbocycles. The summed E-state index contributed by atoms with van der Waals surface area (Å²) in [6, 6.07) is 0. The Hall–Kier alpha value is -0.780. The molecule has 15 heavy (non-hydrogen) atoms. The second-order valence-electron chi connectivity index (χ2n) is 3.14. The van der Waals surface area contributed by atoms with E-state index in [0.717, 1.165) is 22.9 Å². The van der Waals surface area contributed by atoms with Crippen molar-refractivity contribution in [2.75, 3.05) is 7.05 Å². The van der Waals surface area contributed by atoms with Crippen molar-refractivity contribution in [3.05, 3.63) is 22.3 Å². The topological polar surface area (TPSA) is 37.8 Å². The minimum atomic E-state index is 0.902. The molecule has 0 unspecified atom stereocenters. The first-order valence-electron chi connectivity index (χ1n) is 4.87. The van der Waals surface area contributed by atoms with Crippen LogP contribution in [-0.4, -0.2) is 17.0 Å². The maximum Gasteiger partial charge on any atom is 0.135 e. The largest absolute Gasteiger partial charge is 0.315 e. The maximum absolute atomic E-state index is 4.64. The summed E-state index contributed by atoms with van der Waals surface area (Å²) in [7, 11) is 1.96. The van der Waals surface area contributed by atoms with Crippen molar-refractivity contribution in [3.8, 4) is 9.88 Å². The normalized spacial score (nSPS) is 10.8. The molecule has 2 aromatic heterocycles. The zero-order valence-electron chi connectivity index (χ0n) is 8.78. The molecule has 0 aliphatic heterocycles. The molecule has 2 heterocycles. The molecule has 0 spiro atoms. The van der Waals surface area contributed by atoms with Crippen LogP contribution in [-0.2, 0) is 13.0 Å². The Kier molecular flexibility index (Phi) is 3.45. The van der Waals surface area contributed by atoms with E-state index in [0.29, 0.717) is 0 Å². The molecule has 0 fully saturated rings. The van der Waals surface area contributed by atoms with Gasteiger partial charge in [0.15, 0.2) is 0 Å². The Morgan fingerprint density at radius 1 is 1.47 bits per heavy atom. The molecular weight excluding hydrogens is 226 g/mol. The van der Waals surface area contributed by atoms with E-state index < -0.39 is 0 Å². The molecular formula is C10H13N3S2. The number of hydrogen-bond acceptors (Lipinski definition) is 5. The first-order valence-corrected chi connectivity index (χ1v) is 6.56. The molecule has 0 amide bonds. The van der Waals surface area contributed by atoms with Gasteiger partial charge in [-0.1, -0.05) is 6.92 Å². The first kappa shape index (κ1) is 10.7. The Morgan fingerprint density at radius 3 is 2.93 bits per heavy atom. The van der Waals surface area contributed by atoms with Crippen LogP contribution in [0.3, 0.4) is 0 Å². The third-order valence-corrected chi connectivity index (χ3v) is 4.13. The van der Waals surface area contributed by atoms with Crippen molar-refractivity contribution < 1.29 is 0 Å². The molecule has 3 nitrogen and oxygen atoms in total. The van der Waals surface area contributed by atoms with Gasteiger partial charge in [0.05, 0.1) is 16.1 Å². The van der Waals surface area contributed by atoms with E-state index in [9.17, 15) is 0 Å². The van der Waals surface area contributed by atoms with Crippen LogP contribution in [0.15, 0.2) is 11.7 Å². The van der Waals surface area contributed by atoms with Crippen LogP contribution in [0, 0.1) is 0 Å². The van der Waals surface area contributed by atoms with Crippen molar-refractivity contribution in [1.29, 1.82) is 0 Å². The summed E-state index contributed by atoms with van der Waals surface area (Å²) in [5.41, 5.74) is 3.05. The monoisotopic (exact) mass is 239 g/mol. The third-order valence-electron chi connectivity index (χ3n) is 2.09. The minimum Gasteiger partial charge on any atom is -0.315 e. The van der Waals surface area contributed by atoms with Gasteiger partial charge in [0.1, 0.15) is 5.01 Å². The molecule has 1 N–H and O–H groups in total. The Balaban J connectivity index is 2.34. The van der Waals surface area contributed by atoms with Crippen LogP contribution < -0.4 is 5.32 Å². The molecule has 0 atom stereocenters. The fourth-order valence-corrected chi connectivity index (χ4v) is 3.22. The fourth-order valence-electron chi connectivity index (χ4n) is 1.39. The van der Waals surface area contributed by atoms with Gasteiger partial charge in [-0.2, -0.15) is 0 Å². The molecule has 80 valence electrons. The Morgan fingerprint density at radius 2 is 2.33 bits per heavy atom. The van der Waals surface area contributed by atoms with Crippen LogP contribution in [0.5, 0.6) is 0 Å². The lowest BCUT2D eigenvalue weighted by Crippen LogP contribution is -2.05. The zero-order chi connectivity index (χ0) is 10.7. The van der Waals surface area contributed by atoms with E-state index in [1.54, 1.807) is 22.7 Å². The molecule has 0 aliphatic rings. The van der Waals surface area contributed by atoms with Gasteiger partial charge in [0, 0.05) is 17.6 Å². The molecule has 0 bridgehead atoms. The lowest BCUT2D eigenvalue weighted by Gasteiger charge is -1.96. The summed E-state index contributed by atoms with van der Waals surface area (Å²) in [6.07, 6.45) is 2.87. The van der Waals surface area contributed by atoms with Gasteiger partial charge in [-0.25, -0.2) is 4.98 Å². The highest BCUT2D eigenvalue weighted by Crippen LogP contribution is 2.30. The SMILES string of the molecule is CCc1nc(-c2cncs2)sc1CNC. The van der Waals surface area contributed by atoms with Gasteiger partial charge in [0.2, 0.25) is 0 Å². The number of aromatic nitrogens is 2. The van der Waals surface area contributed by atoms with E-state index in [-0.39, 0.29) is 0 Å². The molecule has 0 aliphatic carbocycles. The average molecular weight is 239 g/mol. The number of rotatable bonds is 4. The minimum absolute atomic E-state index is 0.902. The second-order valence-corrected chi connectivity index (χ2v) is 5.11. The van der Waals surface area contributed by atoms with Gasteiger partial charge in [-0.3, -0.25) is 4.98 Å². The lowest BCUT2D eigenvalue weighted by atomic mass is 10.3. The van der Waals surface area contributed by atoms with Gasteiger partial charge in [-0.15, -0.1) is 22.7 Å². The van der Waals surface area contributed by atoms with Crippen molar-refractivity contribution >= 4 is 22.7 Å². The molecule has 2 aromatic rings. The molecule has 0 saturated heterocycles. The predicted octanol–water partition coefficient (Wildman–Crippen LogP) is 2.55. The molecule has 2 rings (SSSR count). The fraction of sp³-hybridized carbons (Fsp3) is 0.400. The van der Waals surface area contributed by atoms with Crippen LogP contribution in [0.25, 0.3) is 9.88 Å². The summed E-state index contributed by atoms with van der Waals surface area (Å²) in [4.78, 5) is 11.2. The van der Waals surface area contributed by atoms with Gasteiger partial charge >= 0.3 is 0 Å². The van der Waals surface area contributed by atoms with Gasteiger partial charge in [-0.05, 0) is 13.5 Å². The zero-order valence-corrected chi connectivity index (χ0v) is 10.4. The highest BCUT2D eigenvalue weighted by molar-refractivity contribution is 7.20. The quantitative estimate of drug-likeness (QED) is 0.891. The standard InChI is InChI=1S/C10H13N3S2/c1-3-7-8(4-11-2)15-10(13-7)9-5-12-6-14-9/h5-6,11H,3-4H2,1-2H3. The van der Waals surface area contributed by atoms with Crippen molar-refractivity contribution in [2.45, 2.75) is 19.9 Å². The first-order chi connectivity index (χ1) is 7.35. The van der Waals surface area contributed by atoms with Crippen molar-refractivity contribution in [3.63, 3.8) is 0 Å². The molecule has 0 radical (unpaired) electrons. The van der Waals surface area contributed by atoms with E-state index in [2.05, 4.69) is 22.2 Å². The lowest BCUT2D eigenvalue weighted by molar-refractivity contribution is 0.815. The second kappa shape index (κ2) is 4.83. The van der Waals surface area contributed by atoms with Crippen LogP contribution in [0.2, 0.25) is 0 Å².